The van der Waals surface area contributed by atoms with Crippen molar-refractivity contribution in [3.8, 4) is 112 Å². The number of pyridine rings is 2. The summed E-state index contributed by atoms with van der Waals surface area (Å²) in [7, 11) is 0. The van der Waals surface area contributed by atoms with Gasteiger partial charge >= 0.3 is 0 Å². The van der Waals surface area contributed by atoms with E-state index in [2.05, 4.69) is 297 Å². The number of rotatable bonds is 10. The summed E-state index contributed by atoms with van der Waals surface area (Å²) in [5, 5.41) is 10.5. The summed E-state index contributed by atoms with van der Waals surface area (Å²) in [5.74, 6) is 0.632. The predicted molar refractivity (Wildman–Crippen MR) is 360 cm³/mol. The first-order chi connectivity index (χ1) is 42.6. The van der Waals surface area contributed by atoms with Crippen LogP contribution < -0.4 is 0 Å². The van der Waals surface area contributed by atoms with E-state index >= 15 is 0 Å². The Morgan fingerprint density at radius 1 is 0.174 bits per heavy atom. The van der Waals surface area contributed by atoms with Crippen LogP contribution in [-0.2, 0) is 0 Å². The van der Waals surface area contributed by atoms with Crippen LogP contribution in [-0.4, -0.2) is 19.9 Å². The molecule has 0 saturated heterocycles. The molecule has 0 atom stereocenters. The highest BCUT2D eigenvalue weighted by Crippen LogP contribution is 2.45. The summed E-state index contributed by atoms with van der Waals surface area (Å²) in [4.78, 5) is 22.0. The van der Waals surface area contributed by atoms with Gasteiger partial charge in [-0.15, -0.1) is 0 Å². The number of benzene rings is 13. The van der Waals surface area contributed by atoms with Crippen LogP contribution in [0.15, 0.2) is 315 Å². The van der Waals surface area contributed by atoms with Gasteiger partial charge in [-0.05, 0) is 131 Å². The minimum atomic E-state index is 0.632. The van der Waals surface area contributed by atoms with Crippen molar-refractivity contribution >= 4 is 54.0 Å². The fraction of sp³-hybridized carbons (Fsp3) is 0. The van der Waals surface area contributed by atoms with Crippen LogP contribution in [0.2, 0.25) is 0 Å². The van der Waals surface area contributed by atoms with E-state index in [0.717, 1.165) is 123 Å². The third kappa shape index (κ3) is 9.23. The van der Waals surface area contributed by atoms with Crippen molar-refractivity contribution in [3.63, 3.8) is 0 Å². The Balaban J connectivity index is 0.933. The van der Waals surface area contributed by atoms with E-state index in [4.69, 9.17) is 19.9 Å². The molecule has 0 unspecified atom stereocenters. The van der Waals surface area contributed by atoms with Gasteiger partial charge in [0.25, 0.3) is 0 Å². The molecule has 0 amide bonds. The number of fused-ring (bicyclic) bond motifs is 7. The van der Waals surface area contributed by atoms with E-state index < -0.39 is 0 Å². The van der Waals surface area contributed by atoms with Gasteiger partial charge in [-0.1, -0.05) is 267 Å². The van der Waals surface area contributed by atoms with Crippen molar-refractivity contribution in [1.82, 2.24) is 19.9 Å². The molecule has 0 N–H and O–H groups in total. The van der Waals surface area contributed by atoms with Gasteiger partial charge in [-0.25, -0.2) is 19.9 Å². The SMILES string of the molecule is c1ccc(-c2cc(-c3ccccc3)nc(-c3ccc(-c4nc(-c5ccc(-c6cc(-c7ccccc7)nc(-c7ccccc7)c6)cc5)nc5c(-c6cc7ccccc7c7ccccc67)cc(-c6cc7ccccc7c7ccccc67)cc45)cc3)c2)cc1. The van der Waals surface area contributed by atoms with Crippen molar-refractivity contribution < 1.29 is 0 Å². The molecular formula is C82H52N4. The van der Waals surface area contributed by atoms with Crippen LogP contribution in [0.4, 0.5) is 0 Å². The fourth-order valence-electron chi connectivity index (χ4n) is 12.6. The van der Waals surface area contributed by atoms with Crippen LogP contribution in [0.3, 0.4) is 0 Å². The molecule has 3 aromatic heterocycles. The molecule has 0 aliphatic carbocycles. The summed E-state index contributed by atoms with van der Waals surface area (Å²) < 4.78 is 0. The highest BCUT2D eigenvalue weighted by atomic mass is 14.9. The topological polar surface area (TPSA) is 51.6 Å². The van der Waals surface area contributed by atoms with Gasteiger partial charge < -0.3 is 0 Å². The van der Waals surface area contributed by atoms with Crippen molar-refractivity contribution in [1.29, 1.82) is 0 Å². The zero-order valence-electron chi connectivity index (χ0n) is 46.8. The van der Waals surface area contributed by atoms with Gasteiger partial charge in [0.1, 0.15) is 0 Å². The van der Waals surface area contributed by atoms with Crippen LogP contribution in [0.1, 0.15) is 0 Å². The number of hydrogen-bond donors (Lipinski definition) is 0. The molecular weight excluding hydrogens is 1040 g/mol. The second-order valence-corrected chi connectivity index (χ2v) is 22.1. The Kier molecular flexibility index (Phi) is 12.5. The van der Waals surface area contributed by atoms with Gasteiger partial charge in [0.05, 0.1) is 34.0 Å². The molecule has 13 aromatic carbocycles. The Morgan fingerprint density at radius 3 is 1.03 bits per heavy atom. The minimum absolute atomic E-state index is 0.632. The smallest absolute Gasteiger partial charge is 0.160 e. The molecule has 3 heterocycles. The van der Waals surface area contributed by atoms with Crippen molar-refractivity contribution in [3.05, 3.63) is 315 Å². The van der Waals surface area contributed by atoms with Gasteiger partial charge in [0.15, 0.2) is 5.82 Å². The minimum Gasteiger partial charge on any atom is -0.248 e. The van der Waals surface area contributed by atoms with Gasteiger partial charge in [-0.2, -0.15) is 0 Å². The Labute approximate surface area is 498 Å². The lowest BCUT2D eigenvalue weighted by Gasteiger charge is -2.19. The third-order valence-electron chi connectivity index (χ3n) is 16.8. The lowest BCUT2D eigenvalue weighted by Crippen LogP contribution is -1.99. The van der Waals surface area contributed by atoms with E-state index in [1.165, 1.54) is 37.7 Å². The van der Waals surface area contributed by atoms with E-state index in [-0.39, 0.29) is 0 Å². The Hall–Kier alpha value is -11.5. The molecule has 400 valence electrons. The lowest BCUT2D eigenvalue weighted by atomic mass is 9.87. The van der Waals surface area contributed by atoms with Crippen molar-refractivity contribution in [2.75, 3.05) is 0 Å². The highest BCUT2D eigenvalue weighted by molar-refractivity contribution is 6.19. The monoisotopic (exact) mass is 1090 g/mol. The second-order valence-electron chi connectivity index (χ2n) is 22.1. The fourth-order valence-corrected chi connectivity index (χ4v) is 12.6. The third-order valence-corrected chi connectivity index (χ3v) is 16.8. The molecule has 0 radical (unpaired) electrons. The van der Waals surface area contributed by atoms with Crippen molar-refractivity contribution in [2.45, 2.75) is 0 Å². The molecule has 0 saturated carbocycles. The number of aromatic nitrogens is 4. The first kappa shape index (κ1) is 50.3. The van der Waals surface area contributed by atoms with Crippen LogP contribution in [0.25, 0.3) is 166 Å². The summed E-state index contributed by atoms with van der Waals surface area (Å²) >= 11 is 0. The van der Waals surface area contributed by atoms with E-state index in [1.54, 1.807) is 0 Å². The largest absolute Gasteiger partial charge is 0.248 e. The van der Waals surface area contributed by atoms with Crippen molar-refractivity contribution in [2.24, 2.45) is 0 Å². The number of hydrogen-bond acceptors (Lipinski definition) is 4. The molecule has 0 bridgehead atoms. The van der Waals surface area contributed by atoms with Crippen LogP contribution >= 0.6 is 0 Å². The van der Waals surface area contributed by atoms with Gasteiger partial charge in [-0.3, -0.25) is 0 Å². The predicted octanol–water partition coefficient (Wildman–Crippen LogP) is 21.7. The first-order valence-corrected chi connectivity index (χ1v) is 29.3. The average Bonchev–Trinajstić information content (AvgIpc) is 1.14. The Morgan fingerprint density at radius 2 is 0.535 bits per heavy atom. The molecule has 86 heavy (non-hydrogen) atoms. The van der Waals surface area contributed by atoms with Gasteiger partial charge in [0.2, 0.25) is 0 Å². The van der Waals surface area contributed by atoms with E-state index in [9.17, 15) is 0 Å². The highest BCUT2D eigenvalue weighted by Gasteiger charge is 2.22. The van der Waals surface area contributed by atoms with E-state index in [1.807, 2.05) is 18.2 Å². The summed E-state index contributed by atoms with van der Waals surface area (Å²) in [6.45, 7) is 0. The number of nitrogens with zero attached hydrogens (tertiary/aromatic N) is 4. The van der Waals surface area contributed by atoms with Crippen LogP contribution in [0, 0.1) is 0 Å². The van der Waals surface area contributed by atoms with Crippen LogP contribution in [0.5, 0.6) is 0 Å². The maximum Gasteiger partial charge on any atom is 0.160 e. The molecule has 16 aromatic rings. The maximum atomic E-state index is 5.76. The normalized spacial score (nSPS) is 11.5. The molecule has 0 spiro atoms. The summed E-state index contributed by atoms with van der Waals surface area (Å²) in [5.41, 5.74) is 20.2. The molecule has 16 rings (SSSR count). The molecule has 0 aliphatic rings. The quantitative estimate of drug-likeness (QED) is 0.128. The maximum absolute atomic E-state index is 5.76. The second kappa shape index (κ2) is 21.4. The average molecular weight is 1090 g/mol. The first-order valence-electron chi connectivity index (χ1n) is 29.3. The zero-order chi connectivity index (χ0) is 56.9. The molecule has 0 fully saturated rings. The lowest BCUT2D eigenvalue weighted by molar-refractivity contribution is 1.23. The standard InChI is InChI=1S/C82H52N4/c1-5-21-53(22-6-1)63-49-76(55-23-7-2-8-24-55)84-79(50-63)58-39-41-59(42-40-58)80-75-48-65(72-45-61-29-13-15-31-66(61)68-33-17-19-35-70(68)72)47-74(73-46-62-30-14-16-32-67(62)69-34-18-20-36-71(69)73)81(75)86-82(85-80)60-43-37-54(38-44-60)64-51-77(56-25-9-3-10-26-56)83-78(52-64)57-27-11-4-12-28-57/h1-52H. The summed E-state index contributed by atoms with van der Waals surface area (Å²) in [6, 6.07) is 113. The van der Waals surface area contributed by atoms with Gasteiger partial charge in [0, 0.05) is 44.3 Å². The van der Waals surface area contributed by atoms with E-state index in [0.29, 0.717) is 5.82 Å². The molecule has 0 aliphatic heterocycles. The summed E-state index contributed by atoms with van der Waals surface area (Å²) in [6.07, 6.45) is 0. The Bertz CT molecular complexity index is 5120. The molecule has 4 heteroatoms. The molecule has 4 nitrogen and oxygen atoms in total. The zero-order valence-corrected chi connectivity index (χ0v) is 46.8.